The van der Waals surface area contributed by atoms with Crippen LogP contribution in [0.15, 0.2) is 36.7 Å². The van der Waals surface area contributed by atoms with Crippen LogP contribution in [0.4, 0.5) is 0 Å². The maximum absolute atomic E-state index is 12.6. The second-order valence-electron chi connectivity index (χ2n) is 5.31. The van der Waals surface area contributed by atoms with Crippen molar-refractivity contribution in [2.75, 3.05) is 13.1 Å². The highest BCUT2D eigenvalue weighted by Gasteiger charge is 2.27. The molecule has 2 heterocycles. The summed E-state index contributed by atoms with van der Waals surface area (Å²) in [4.78, 5) is 29.4. The van der Waals surface area contributed by atoms with Gasteiger partial charge >= 0.3 is 5.97 Å². The summed E-state index contributed by atoms with van der Waals surface area (Å²) < 4.78 is 0. The Kier molecular flexibility index (Phi) is 3.56. The van der Waals surface area contributed by atoms with Gasteiger partial charge in [-0.25, -0.2) is 0 Å². The molecule has 0 saturated carbocycles. The van der Waals surface area contributed by atoms with E-state index in [-0.39, 0.29) is 11.8 Å². The van der Waals surface area contributed by atoms with Gasteiger partial charge in [0.05, 0.1) is 5.92 Å². The summed E-state index contributed by atoms with van der Waals surface area (Å²) in [5.41, 5.74) is 0.656. The topological polar surface area (TPSA) is 70.5 Å². The molecule has 1 aromatic heterocycles. The number of benzene rings is 1. The first-order valence-electron chi connectivity index (χ1n) is 7.01. The fourth-order valence-corrected chi connectivity index (χ4v) is 2.81. The number of carboxylic acids is 1. The first-order chi connectivity index (χ1) is 10.2. The van der Waals surface area contributed by atoms with E-state index in [1.54, 1.807) is 17.3 Å². The molecule has 0 atom stereocenters. The second kappa shape index (κ2) is 5.52. The van der Waals surface area contributed by atoms with Crippen LogP contribution in [0.1, 0.15) is 23.2 Å². The molecule has 1 saturated heterocycles. The molecule has 0 bridgehead atoms. The summed E-state index contributed by atoms with van der Waals surface area (Å²) in [5.74, 6) is -1.13. The number of carboxylic acid groups (broad SMARTS) is 1. The van der Waals surface area contributed by atoms with Crippen LogP contribution in [-0.2, 0) is 4.79 Å². The highest BCUT2D eigenvalue weighted by atomic mass is 16.4. The Morgan fingerprint density at radius 2 is 1.95 bits per heavy atom. The third-order valence-corrected chi connectivity index (χ3v) is 4.04. The zero-order valence-corrected chi connectivity index (χ0v) is 11.5. The normalized spacial score (nSPS) is 16.1. The standard InChI is InChI=1S/C16H16N2O3/c19-15(18-8-5-11(6-9-18)16(20)21)14-3-1-2-12-10-17-7-4-13(12)14/h1-4,7,10-11H,5-6,8-9H2,(H,20,21). The maximum Gasteiger partial charge on any atom is 0.306 e. The molecule has 5 heteroatoms. The lowest BCUT2D eigenvalue weighted by Crippen LogP contribution is -2.40. The van der Waals surface area contributed by atoms with Gasteiger partial charge < -0.3 is 10.0 Å². The smallest absolute Gasteiger partial charge is 0.306 e. The van der Waals surface area contributed by atoms with Crippen LogP contribution in [0.5, 0.6) is 0 Å². The predicted molar refractivity (Wildman–Crippen MR) is 78.0 cm³/mol. The molecule has 3 rings (SSSR count). The summed E-state index contributed by atoms with van der Waals surface area (Å²) in [5, 5.41) is 10.8. The Labute approximate surface area is 122 Å². The Morgan fingerprint density at radius 3 is 2.67 bits per heavy atom. The number of amides is 1. The van der Waals surface area contributed by atoms with Crippen LogP contribution >= 0.6 is 0 Å². The summed E-state index contributed by atoms with van der Waals surface area (Å²) in [6, 6.07) is 7.43. The largest absolute Gasteiger partial charge is 0.481 e. The highest BCUT2D eigenvalue weighted by Crippen LogP contribution is 2.23. The first-order valence-corrected chi connectivity index (χ1v) is 7.01. The number of nitrogens with zero attached hydrogens (tertiary/aromatic N) is 2. The zero-order valence-electron chi connectivity index (χ0n) is 11.5. The molecule has 1 amide bonds. The van der Waals surface area contributed by atoms with Gasteiger partial charge in [0.25, 0.3) is 5.91 Å². The average Bonchev–Trinajstić information content (AvgIpc) is 2.53. The van der Waals surface area contributed by atoms with Crippen LogP contribution in [0, 0.1) is 5.92 Å². The molecule has 1 N–H and O–H groups in total. The van der Waals surface area contributed by atoms with Gasteiger partial charge in [-0.05, 0) is 30.4 Å². The molecule has 21 heavy (non-hydrogen) atoms. The van der Waals surface area contributed by atoms with Gasteiger partial charge in [-0.3, -0.25) is 14.6 Å². The number of pyridine rings is 1. The van der Waals surface area contributed by atoms with E-state index in [4.69, 9.17) is 5.11 Å². The van der Waals surface area contributed by atoms with E-state index in [1.807, 2.05) is 24.3 Å². The van der Waals surface area contributed by atoms with E-state index in [9.17, 15) is 9.59 Å². The number of hydrogen-bond acceptors (Lipinski definition) is 3. The van der Waals surface area contributed by atoms with Gasteiger partial charge in [0.2, 0.25) is 0 Å². The Morgan fingerprint density at radius 1 is 1.19 bits per heavy atom. The molecule has 0 radical (unpaired) electrons. The fraction of sp³-hybridized carbons (Fsp3) is 0.312. The van der Waals surface area contributed by atoms with E-state index in [1.165, 1.54) is 0 Å². The van der Waals surface area contributed by atoms with Gasteiger partial charge in [0.1, 0.15) is 0 Å². The number of fused-ring (bicyclic) bond motifs is 1. The van der Waals surface area contributed by atoms with Gasteiger partial charge in [-0.1, -0.05) is 12.1 Å². The van der Waals surface area contributed by atoms with Crippen LogP contribution in [0.2, 0.25) is 0 Å². The number of piperidine rings is 1. The first kappa shape index (κ1) is 13.5. The van der Waals surface area contributed by atoms with Gasteiger partial charge in [-0.2, -0.15) is 0 Å². The molecule has 2 aromatic rings. The van der Waals surface area contributed by atoms with Crippen molar-refractivity contribution in [3.63, 3.8) is 0 Å². The number of aromatic nitrogens is 1. The predicted octanol–water partition coefficient (Wildman–Crippen LogP) is 2.17. The van der Waals surface area contributed by atoms with Crippen molar-refractivity contribution in [3.05, 3.63) is 42.2 Å². The van der Waals surface area contributed by atoms with Crippen molar-refractivity contribution in [2.24, 2.45) is 5.92 Å². The molecule has 0 spiro atoms. The number of carbonyl (C=O) groups is 2. The Hall–Kier alpha value is -2.43. The molecule has 0 aliphatic carbocycles. The van der Waals surface area contributed by atoms with Crippen LogP contribution in [0.3, 0.4) is 0 Å². The summed E-state index contributed by atoms with van der Waals surface area (Å²) in [7, 11) is 0. The molecule has 108 valence electrons. The van der Waals surface area contributed by atoms with Crippen LogP contribution in [0.25, 0.3) is 10.8 Å². The fourth-order valence-electron chi connectivity index (χ4n) is 2.81. The Bertz CT molecular complexity index is 685. The van der Waals surface area contributed by atoms with Crippen LogP contribution < -0.4 is 0 Å². The molecule has 1 aliphatic heterocycles. The molecule has 1 aliphatic rings. The van der Waals surface area contributed by atoms with Gasteiger partial charge in [0.15, 0.2) is 0 Å². The minimum atomic E-state index is -0.765. The lowest BCUT2D eigenvalue weighted by molar-refractivity contribution is -0.143. The van der Waals surface area contributed by atoms with E-state index < -0.39 is 5.97 Å². The van der Waals surface area contributed by atoms with Crippen molar-refractivity contribution in [1.82, 2.24) is 9.88 Å². The van der Waals surface area contributed by atoms with Gasteiger partial charge in [-0.15, -0.1) is 0 Å². The maximum atomic E-state index is 12.6. The minimum absolute atomic E-state index is 0.0318. The van der Waals surface area contributed by atoms with Crippen molar-refractivity contribution >= 4 is 22.6 Å². The van der Waals surface area contributed by atoms with E-state index >= 15 is 0 Å². The molecular formula is C16H16N2O3. The van der Waals surface area contributed by atoms with Gasteiger partial charge in [0, 0.05) is 36.4 Å². The molecule has 1 aromatic carbocycles. The zero-order chi connectivity index (χ0) is 14.8. The number of hydrogen-bond donors (Lipinski definition) is 1. The minimum Gasteiger partial charge on any atom is -0.481 e. The third kappa shape index (κ3) is 2.59. The van der Waals surface area contributed by atoms with E-state index in [0.717, 1.165) is 10.8 Å². The second-order valence-corrected chi connectivity index (χ2v) is 5.31. The molecule has 0 unspecified atom stereocenters. The monoisotopic (exact) mass is 284 g/mol. The number of rotatable bonds is 2. The molecular weight excluding hydrogens is 268 g/mol. The van der Waals surface area contributed by atoms with Crippen molar-refractivity contribution in [3.8, 4) is 0 Å². The molecule has 5 nitrogen and oxygen atoms in total. The SMILES string of the molecule is O=C(O)C1CCN(C(=O)c2cccc3cnccc23)CC1. The summed E-state index contributed by atoms with van der Waals surface area (Å²) in [6.45, 7) is 0.995. The lowest BCUT2D eigenvalue weighted by Gasteiger charge is -2.30. The Balaban J connectivity index is 1.84. The number of carbonyl (C=O) groups excluding carboxylic acids is 1. The third-order valence-electron chi connectivity index (χ3n) is 4.04. The van der Waals surface area contributed by atoms with Crippen molar-refractivity contribution < 1.29 is 14.7 Å². The lowest BCUT2D eigenvalue weighted by atomic mass is 9.96. The van der Waals surface area contributed by atoms with Crippen molar-refractivity contribution in [1.29, 1.82) is 0 Å². The number of aliphatic carboxylic acids is 1. The summed E-state index contributed by atoms with van der Waals surface area (Å²) in [6.07, 6.45) is 4.46. The van der Waals surface area contributed by atoms with E-state index in [2.05, 4.69) is 4.98 Å². The molecule has 1 fully saturated rings. The highest BCUT2D eigenvalue weighted by molar-refractivity contribution is 6.06. The van der Waals surface area contributed by atoms with Crippen LogP contribution in [-0.4, -0.2) is 40.0 Å². The van der Waals surface area contributed by atoms with Crippen molar-refractivity contribution in [2.45, 2.75) is 12.8 Å². The summed E-state index contributed by atoms with van der Waals surface area (Å²) >= 11 is 0. The number of likely N-dealkylation sites (tertiary alicyclic amines) is 1. The average molecular weight is 284 g/mol. The van der Waals surface area contributed by atoms with E-state index in [0.29, 0.717) is 31.5 Å². The quantitative estimate of drug-likeness (QED) is 0.917.